The van der Waals surface area contributed by atoms with E-state index in [-0.39, 0.29) is 6.10 Å². The monoisotopic (exact) mass is 381 g/mol. The number of morpholine rings is 1. The average molecular weight is 382 g/mol. The van der Waals surface area contributed by atoms with Crippen LogP contribution in [0.25, 0.3) is 0 Å². The molecule has 0 aliphatic carbocycles. The van der Waals surface area contributed by atoms with E-state index in [2.05, 4.69) is 82.4 Å². The maximum atomic E-state index is 5.63. The summed E-state index contributed by atoms with van der Waals surface area (Å²) in [6, 6.07) is 12.7. The summed E-state index contributed by atoms with van der Waals surface area (Å²) in [4.78, 5) is 13.4. The highest BCUT2D eigenvalue weighted by molar-refractivity contribution is 5.79. The van der Waals surface area contributed by atoms with Crippen molar-refractivity contribution in [2.24, 2.45) is 4.99 Å². The van der Waals surface area contributed by atoms with Crippen LogP contribution in [0.2, 0.25) is 0 Å². The molecule has 1 atom stereocenters. The summed E-state index contributed by atoms with van der Waals surface area (Å²) in [5.74, 6) is 1.89. The minimum absolute atomic E-state index is 0.242. The molecule has 28 heavy (non-hydrogen) atoms. The van der Waals surface area contributed by atoms with E-state index in [4.69, 9.17) is 4.74 Å². The Bertz CT molecular complexity index is 807. The molecule has 1 N–H and O–H groups in total. The molecule has 0 saturated carbocycles. The van der Waals surface area contributed by atoms with E-state index in [0.29, 0.717) is 6.54 Å². The predicted molar refractivity (Wildman–Crippen MR) is 115 cm³/mol. The normalized spacial score (nSPS) is 17.5. The first-order valence-electron chi connectivity index (χ1n) is 9.84. The van der Waals surface area contributed by atoms with Crippen molar-refractivity contribution in [2.75, 3.05) is 38.7 Å². The molecule has 1 aromatic heterocycles. The van der Waals surface area contributed by atoms with Crippen molar-refractivity contribution in [1.29, 1.82) is 0 Å². The van der Waals surface area contributed by atoms with Crippen LogP contribution in [0.15, 0.2) is 47.6 Å². The van der Waals surface area contributed by atoms with Crippen molar-refractivity contribution < 1.29 is 4.74 Å². The Labute approximate surface area is 168 Å². The Morgan fingerprint density at radius 2 is 2.18 bits per heavy atom. The van der Waals surface area contributed by atoms with E-state index in [1.54, 1.807) is 0 Å². The van der Waals surface area contributed by atoms with Crippen LogP contribution < -0.4 is 10.2 Å². The number of anilines is 1. The summed E-state index contributed by atoms with van der Waals surface area (Å²) in [5, 5.41) is 3.47. The first-order chi connectivity index (χ1) is 13.6. The van der Waals surface area contributed by atoms with Crippen LogP contribution in [-0.4, -0.2) is 55.7 Å². The predicted octanol–water partition coefficient (Wildman–Crippen LogP) is 2.82. The largest absolute Gasteiger partial charge is 0.375 e. The van der Waals surface area contributed by atoms with E-state index in [9.17, 15) is 0 Å². The van der Waals surface area contributed by atoms with E-state index in [1.165, 1.54) is 16.7 Å². The SMILES string of the molecule is CN=C(NCc1ccnc(N2CCOC(C)C2)c1)N(C)Cc1ccccc1C. The zero-order chi connectivity index (χ0) is 19.9. The lowest BCUT2D eigenvalue weighted by Crippen LogP contribution is -2.41. The lowest BCUT2D eigenvalue weighted by Gasteiger charge is -2.32. The van der Waals surface area contributed by atoms with Crippen LogP contribution in [0, 0.1) is 6.92 Å². The summed E-state index contributed by atoms with van der Waals surface area (Å²) in [7, 11) is 3.89. The van der Waals surface area contributed by atoms with E-state index < -0.39 is 0 Å². The van der Waals surface area contributed by atoms with Gasteiger partial charge >= 0.3 is 0 Å². The van der Waals surface area contributed by atoms with E-state index in [0.717, 1.165) is 38.0 Å². The van der Waals surface area contributed by atoms with Crippen LogP contribution >= 0.6 is 0 Å². The smallest absolute Gasteiger partial charge is 0.193 e. The number of guanidine groups is 1. The van der Waals surface area contributed by atoms with Crippen LogP contribution in [0.5, 0.6) is 0 Å². The molecule has 1 saturated heterocycles. The molecular weight excluding hydrogens is 350 g/mol. The van der Waals surface area contributed by atoms with Gasteiger partial charge in [-0.05, 0) is 42.7 Å². The van der Waals surface area contributed by atoms with Crippen molar-refractivity contribution in [3.8, 4) is 0 Å². The average Bonchev–Trinajstić information content (AvgIpc) is 2.70. The van der Waals surface area contributed by atoms with Gasteiger partial charge in [0, 0.05) is 46.5 Å². The minimum atomic E-state index is 0.242. The molecule has 1 aliphatic heterocycles. The first kappa shape index (κ1) is 20.1. The van der Waals surface area contributed by atoms with Gasteiger partial charge in [-0.15, -0.1) is 0 Å². The number of benzene rings is 1. The number of aliphatic imine (C=N–C) groups is 1. The van der Waals surface area contributed by atoms with Crippen molar-refractivity contribution in [2.45, 2.75) is 33.0 Å². The Balaban J connectivity index is 1.60. The number of nitrogens with zero attached hydrogens (tertiary/aromatic N) is 4. The third-order valence-electron chi connectivity index (χ3n) is 5.07. The molecule has 0 bridgehead atoms. The van der Waals surface area contributed by atoms with Gasteiger partial charge in [-0.2, -0.15) is 0 Å². The number of aryl methyl sites for hydroxylation is 1. The summed E-state index contributed by atoms with van der Waals surface area (Å²) >= 11 is 0. The van der Waals surface area contributed by atoms with Gasteiger partial charge in [0.05, 0.1) is 12.7 Å². The fourth-order valence-electron chi connectivity index (χ4n) is 3.45. The highest BCUT2D eigenvalue weighted by Gasteiger charge is 2.18. The number of aromatic nitrogens is 1. The molecule has 150 valence electrons. The topological polar surface area (TPSA) is 53.0 Å². The van der Waals surface area contributed by atoms with Gasteiger partial charge in [-0.1, -0.05) is 24.3 Å². The fourth-order valence-corrected chi connectivity index (χ4v) is 3.45. The molecule has 2 aromatic rings. The van der Waals surface area contributed by atoms with Crippen LogP contribution in [-0.2, 0) is 17.8 Å². The van der Waals surface area contributed by atoms with Crippen molar-refractivity contribution >= 4 is 11.8 Å². The lowest BCUT2D eigenvalue weighted by molar-refractivity contribution is 0.0529. The molecule has 1 aliphatic rings. The first-order valence-corrected chi connectivity index (χ1v) is 9.84. The van der Waals surface area contributed by atoms with Gasteiger partial charge in [-0.25, -0.2) is 4.98 Å². The number of hydrogen-bond donors (Lipinski definition) is 1. The van der Waals surface area contributed by atoms with Gasteiger partial charge in [0.2, 0.25) is 0 Å². The van der Waals surface area contributed by atoms with E-state index in [1.807, 2.05) is 13.2 Å². The molecule has 1 fully saturated rings. The van der Waals surface area contributed by atoms with Gasteiger partial charge in [-0.3, -0.25) is 4.99 Å². The Kier molecular flexibility index (Phi) is 6.87. The summed E-state index contributed by atoms with van der Waals surface area (Å²) in [5.41, 5.74) is 3.79. The quantitative estimate of drug-likeness (QED) is 0.638. The second kappa shape index (κ2) is 9.55. The number of rotatable bonds is 5. The third kappa shape index (κ3) is 5.23. The number of ether oxygens (including phenoxy) is 1. The molecule has 1 aromatic carbocycles. The lowest BCUT2D eigenvalue weighted by atomic mass is 10.1. The molecule has 0 amide bonds. The number of nitrogens with one attached hydrogen (secondary N) is 1. The molecule has 6 nitrogen and oxygen atoms in total. The van der Waals surface area contributed by atoms with Gasteiger partial charge < -0.3 is 19.9 Å². The molecule has 2 heterocycles. The Morgan fingerprint density at radius 3 is 2.93 bits per heavy atom. The van der Waals surface area contributed by atoms with Crippen LogP contribution in [0.4, 0.5) is 5.82 Å². The summed E-state index contributed by atoms with van der Waals surface area (Å²) in [6.45, 7) is 8.29. The highest BCUT2D eigenvalue weighted by atomic mass is 16.5. The second-order valence-electron chi connectivity index (χ2n) is 7.33. The molecule has 0 spiro atoms. The summed E-state index contributed by atoms with van der Waals surface area (Å²) in [6.07, 6.45) is 2.12. The van der Waals surface area contributed by atoms with E-state index >= 15 is 0 Å². The molecule has 0 radical (unpaired) electrons. The molecular formula is C22H31N5O. The summed E-state index contributed by atoms with van der Waals surface area (Å²) < 4.78 is 5.63. The zero-order valence-electron chi connectivity index (χ0n) is 17.4. The van der Waals surface area contributed by atoms with Crippen LogP contribution in [0.3, 0.4) is 0 Å². The Morgan fingerprint density at radius 1 is 1.36 bits per heavy atom. The fraction of sp³-hybridized carbons (Fsp3) is 0.455. The van der Waals surface area contributed by atoms with Gasteiger partial charge in [0.1, 0.15) is 5.82 Å². The zero-order valence-corrected chi connectivity index (χ0v) is 17.4. The van der Waals surface area contributed by atoms with Crippen molar-refractivity contribution in [3.05, 3.63) is 59.3 Å². The highest BCUT2D eigenvalue weighted by Crippen LogP contribution is 2.16. The maximum Gasteiger partial charge on any atom is 0.193 e. The maximum absolute atomic E-state index is 5.63. The van der Waals surface area contributed by atoms with Crippen molar-refractivity contribution in [1.82, 2.24) is 15.2 Å². The second-order valence-corrected chi connectivity index (χ2v) is 7.33. The number of pyridine rings is 1. The van der Waals surface area contributed by atoms with Crippen LogP contribution in [0.1, 0.15) is 23.6 Å². The minimum Gasteiger partial charge on any atom is -0.375 e. The van der Waals surface area contributed by atoms with Gasteiger partial charge in [0.25, 0.3) is 0 Å². The molecule has 3 rings (SSSR count). The molecule has 6 heteroatoms. The third-order valence-corrected chi connectivity index (χ3v) is 5.07. The van der Waals surface area contributed by atoms with Gasteiger partial charge in [0.15, 0.2) is 5.96 Å². The Hall–Kier alpha value is -2.60. The van der Waals surface area contributed by atoms with Crippen molar-refractivity contribution in [3.63, 3.8) is 0 Å². The number of hydrogen-bond acceptors (Lipinski definition) is 4. The standard InChI is InChI=1S/C22H31N5O/c1-17-7-5-6-8-20(17)16-26(4)22(23-3)25-14-19-9-10-24-21(13-19)27-11-12-28-18(2)15-27/h5-10,13,18H,11-12,14-16H2,1-4H3,(H,23,25). The molecule has 1 unspecified atom stereocenters.